The van der Waals surface area contributed by atoms with Crippen LogP contribution in [0.3, 0.4) is 0 Å². The third kappa shape index (κ3) is 3.88. The zero-order valence-electron chi connectivity index (χ0n) is 9.41. The van der Waals surface area contributed by atoms with Gasteiger partial charge in [-0.25, -0.2) is 4.79 Å². The Morgan fingerprint density at radius 2 is 2.40 bits per heavy atom. The largest absolute Gasteiger partial charge is 0.455 e. The molecule has 84 valence electrons. The molecule has 0 bridgehead atoms. The van der Waals surface area contributed by atoms with E-state index in [0.717, 1.165) is 19.3 Å². The van der Waals surface area contributed by atoms with Gasteiger partial charge in [-0.1, -0.05) is 6.58 Å². The quantitative estimate of drug-likeness (QED) is 0.405. The SMILES string of the molecule is C=C(C)C(=O)OC1C=C(COC)CCC1. The van der Waals surface area contributed by atoms with Crippen LogP contribution in [0.4, 0.5) is 0 Å². The normalized spacial score (nSPS) is 20.7. The van der Waals surface area contributed by atoms with Crippen molar-refractivity contribution in [2.75, 3.05) is 13.7 Å². The Morgan fingerprint density at radius 1 is 1.67 bits per heavy atom. The van der Waals surface area contributed by atoms with Crippen molar-refractivity contribution in [3.05, 3.63) is 23.8 Å². The van der Waals surface area contributed by atoms with Crippen LogP contribution in [0.25, 0.3) is 0 Å². The summed E-state index contributed by atoms with van der Waals surface area (Å²) < 4.78 is 10.3. The number of rotatable bonds is 4. The van der Waals surface area contributed by atoms with Crippen molar-refractivity contribution in [1.29, 1.82) is 0 Å². The number of esters is 1. The van der Waals surface area contributed by atoms with Gasteiger partial charge in [0.1, 0.15) is 6.10 Å². The minimum absolute atomic E-state index is 0.104. The van der Waals surface area contributed by atoms with E-state index in [1.54, 1.807) is 14.0 Å². The van der Waals surface area contributed by atoms with Gasteiger partial charge in [-0.3, -0.25) is 0 Å². The second kappa shape index (κ2) is 5.71. The Morgan fingerprint density at radius 3 is 3.00 bits per heavy atom. The molecule has 0 amide bonds. The summed E-state index contributed by atoms with van der Waals surface area (Å²) in [5.74, 6) is -0.310. The van der Waals surface area contributed by atoms with Gasteiger partial charge in [0.2, 0.25) is 0 Å². The Bertz CT molecular complexity index is 279. The lowest BCUT2D eigenvalue weighted by atomic mass is 9.98. The van der Waals surface area contributed by atoms with Gasteiger partial charge in [0, 0.05) is 12.7 Å². The summed E-state index contributed by atoms with van der Waals surface area (Å²) in [6.07, 6.45) is 4.87. The highest BCUT2D eigenvalue weighted by molar-refractivity contribution is 5.87. The first-order valence-corrected chi connectivity index (χ1v) is 5.18. The monoisotopic (exact) mass is 210 g/mol. The highest BCUT2D eigenvalue weighted by atomic mass is 16.5. The Labute approximate surface area is 90.8 Å². The van der Waals surface area contributed by atoms with E-state index in [1.165, 1.54) is 5.57 Å². The van der Waals surface area contributed by atoms with E-state index in [2.05, 4.69) is 6.58 Å². The minimum Gasteiger partial charge on any atom is -0.455 e. The topological polar surface area (TPSA) is 35.5 Å². The zero-order valence-corrected chi connectivity index (χ0v) is 9.41. The molecular formula is C12H18O3. The van der Waals surface area contributed by atoms with Crippen molar-refractivity contribution in [3.8, 4) is 0 Å². The summed E-state index contributed by atoms with van der Waals surface area (Å²) in [4.78, 5) is 11.3. The molecule has 1 aliphatic carbocycles. The molecule has 0 aromatic rings. The smallest absolute Gasteiger partial charge is 0.333 e. The molecule has 0 N–H and O–H groups in total. The van der Waals surface area contributed by atoms with Gasteiger partial charge in [0.15, 0.2) is 0 Å². The zero-order chi connectivity index (χ0) is 11.3. The fourth-order valence-corrected chi connectivity index (χ4v) is 1.60. The molecule has 3 heteroatoms. The lowest BCUT2D eigenvalue weighted by Gasteiger charge is -2.21. The van der Waals surface area contributed by atoms with E-state index in [0.29, 0.717) is 12.2 Å². The van der Waals surface area contributed by atoms with Crippen LogP contribution in [0.15, 0.2) is 23.8 Å². The number of methoxy groups -OCH3 is 1. The van der Waals surface area contributed by atoms with E-state index in [-0.39, 0.29) is 12.1 Å². The molecule has 0 heterocycles. The lowest BCUT2D eigenvalue weighted by molar-refractivity contribution is -0.142. The average molecular weight is 210 g/mol. The maximum atomic E-state index is 11.3. The third-order valence-corrected chi connectivity index (χ3v) is 2.34. The van der Waals surface area contributed by atoms with Crippen molar-refractivity contribution in [1.82, 2.24) is 0 Å². The summed E-state index contributed by atoms with van der Waals surface area (Å²) in [5.41, 5.74) is 1.66. The van der Waals surface area contributed by atoms with Gasteiger partial charge in [0.05, 0.1) is 6.61 Å². The molecule has 0 radical (unpaired) electrons. The molecule has 3 nitrogen and oxygen atoms in total. The van der Waals surface area contributed by atoms with E-state index in [4.69, 9.17) is 9.47 Å². The van der Waals surface area contributed by atoms with Gasteiger partial charge in [-0.2, -0.15) is 0 Å². The molecule has 0 fully saturated rings. The molecule has 1 aliphatic rings. The van der Waals surface area contributed by atoms with Crippen LogP contribution in [0, 0.1) is 0 Å². The summed E-state index contributed by atoms with van der Waals surface area (Å²) in [5, 5.41) is 0. The number of hydrogen-bond donors (Lipinski definition) is 0. The standard InChI is InChI=1S/C12H18O3/c1-9(2)12(13)15-11-6-4-5-10(7-11)8-14-3/h7,11H,1,4-6,8H2,2-3H3. The number of carbonyl (C=O) groups is 1. The van der Waals surface area contributed by atoms with Crippen LogP contribution in [0.5, 0.6) is 0 Å². The Kier molecular flexibility index (Phi) is 4.56. The Balaban J connectivity index is 2.52. The maximum Gasteiger partial charge on any atom is 0.333 e. The van der Waals surface area contributed by atoms with Gasteiger partial charge < -0.3 is 9.47 Å². The van der Waals surface area contributed by atoms with Crippen LogP contribution in [-0.2, 0) is 14.3 Å². The first-order chi connectivity index (χ1) is 7.13. The van der Waals surface area contributed by atoms with E-state index in [1.807, 2.05) is 6.08 Å². The van der Waals surface area contributed by atoms with Gasteiger partial charge in [-0.15, -0.1) is 0 Å². The highest BCUT2D eigenvalue weighted by Crippen LogP contribution is 2.20. The summed E-state index contributed by atoms with van der Waals surface area (Å²) >= 11 is 0. The molecule has 0 aliphatic heterocycles. The minimum atomic E-state index is -0.310. The predicted octanol–water partition coefficient (Wildman–Crippen LogP) is 2.23. The van der Waals surface area contributed by atoms with E-state index < -0.39 is 0 Å². The van der Waals surface area contributed by atoms with Crippen LogP contribution < -0.4 is 0 Å². The van der Waals surface area contributed by atoms with Crippen LogP contribution in [0.1, 0.15) is 26.2 Å². The third-order valence-electron chi connectivity index (χ3n) is 2.34. The average Bonchev–Trinajstić information content (AvgIpc) is 2.18. The summed E-state index contributed by atoms with van der Waals surface area (Å²) in [6.45, 7) is 5.84. The van der Waals surface area contributed by atoms with Gasteiger partial charge >= 0.3 is 5.97 Å². The molecular weight excluding hydrogens is 192 g/mol. The van der Waals surface area contributed by atoms with Crippen LogP contribution in [0.2, 0.25) is 0 Å². The van der Waals surface area contributed by atoms with Crippen LogP contribution in [-0.4, -0.2) is 25.8 Å². The molecule has 1 atom stereocenters. The molecule has 1 rings (SSSR count). The number of carbonyl (C=O) groups excluding carboxylic acids is 1. The lowest BCUT2D eigenvalue weighted by Crippen LogP contribution is -2.20. The van der Waals surface area contributed by atoms with E-state index >= 15 is 0 Å². The molecule has 15 heavy (non-hydrogen) atoms. The Hall–Kier alpha value is -1.09. The fourth-order valence-electron chi connectivity index (χ4n) is 1.60. The first-order valence-electron chi connectivity index (χ1n) is 5.18. The second-order valence-electron chi connectivity index (χ2n) is 3.87. The number of ether oxygens (including phenoxy) is 2. The van der Waals surface area contributed by atoms with Crippen molar-refractivity contribution >= 4 is 5.97 Å². The molecule has 0 aromatic heterocycles. The molecule has 0 spiro atoms. The predicted molar refractivity (Wildman–Crippen MR) is 58.5 cm³/mol. The second-order valence-corrected chi connectivity index (χ2v) is 3.87. The van der Waals surface area contributed by atoms with Crippen molar-refractivity contribution in [3.63, 3.8) is 0 Å². The summed E-state index contributed by atoms with van der Waals surface area (Å²) in [6, 6.07) is 0. The van der Waals surface area contributed by atoms with Crippen molar-refractivity contribution < 1.29 is 14.3 Å². The number of hydrogen-bond acceptors (Lipinski definition) is 3. The van der Waals surface area contributed by atoms with Crippen molar-refractivity contribution in [2.45, 2.75) is 32.3 Å². The highest BCUT2D eigenvalue weighted by Gasteiger charge is 2.17. The molecule has 0 aromatic carbocycles. The summed E-state index contributed by atoms with van der Waals surface area (Å²) in [7, 11) is 1.67. The molecule has 0 saturated heterocycles. The molecule has 0 saturated carbocycles. The maximum absolute atomic E-state index is 11.3. The fraction of sp³-hybridized carbons (Fsp3) is 0.583. The van der Waals surface area contributed by atoms with Crippen molar-refractivity contribution in [2.24, 2.45) is 0 Å². The first kappa shape index (κ1) is 12.0. The van der Waals surface area contributed by atoms with E-state index in [9.17, 15) is 4.79 Å². The van der Waals surface area contributed by atoms with Gasteiger partial charge in [-0.05, 0) is 37.8 Å². The van der Waals surface area contributed by atoms with Gasteiger partial charge in [0.25, 0.3) is 0 Å². The van der Waals surface area contributed by atoms with Crippen LogP contribution >= 0.6 is 0 Å². The molecule has 1 unspecified atom stereocenters.